The number of hydrogen-bond donors (Lipinski definition) is 1. The van der Waals surface area contributed by atoms with Gasteiger partial charge in [0, 0.05) is 11.4 Å². The molecular weight excluding hydrogens is 286 g/mol. The van der Waals surface area contributed by atoms with Gasteiger partial charge in [-0.3, -0.25) is 4.79 Å². The SMILES string of the molecule is C=CCNC(=O)[C@@H](C)OC(=O)c1cc2c(s1)CCCCC2. The number of thiophene rings is 1. The zero-order valence-corrected chi connectivity index (χ0v) is 13.1. The Kier molecular flexibility index (Phi) is 5.56. The van der Waals surface area contributed by atoms with Crippen molar-refractivity contribution in [1.82, 2.24) is 5.32 Å². The fraction of sp³-hybridized carbons (Fsp3) is 0.500. The van der Waals surface area contributed by atoms with Crippen LogP contribution in [-0.4, -0.2) is 24.5 Å². The number of carbonyl (C=O) groups is 2. The van der Waals surface area contributed by atoms with E-state index in [0.29, 0.717) is 11.4 Å². The molecular formula is C16H21NO3S. The van der Waals surface area contributed by atoms with E-state index in [1.807, 2.05) is 6.07 Å². The van der Waals surface area contributed by atoms with Crippen LogP contribution in [0.2, 0.25) is 0 Å². The van der Waals surface area contributed by atoms with E-state index in [0.717, 1.165) is 12.8 Å². The quantitative estimate of drug-likeness (QED) is 0.517. The Morgan fingerprint density at radius 2 is 2.19 bits per heavy atom. The van der Waals surface area contributed by atoms with Crippen molar-refractivity contribution in [2.45, 2.75) is 45.1 Å². The fourth-order valence-corrected chi connectivity index (χ4v) is 3.49. The van der Waals surface area contributed by atoms with Gasteiger partial charge in [-0.05, 0) is 44.2 Å². The average Bonchev–Trinajstić information content (AvgIpc) is 2.76. The van der Waals surface area contributed by atoms with Gasteiger partial charge in [-0.1, -0.05) is 12.5 Å². The van der Waals surface area contributed by atoms with Gasteiger partial charge in [0.25, 0.3) is 5.91 Å². The first-order chi connectivity index (χ1) is 10.1. The number of nitrogens with one attached hydrogen (secondary N) is 1. The number of esters is 1. The fourth-order valence-electron chi connectivity index (χ4n) is 2.36. The lowest BCUT2D eigenvalue weighted by Crippen LogP contribution is -2.35. The minimum atomic E-state index is -0.792. The Labute approximate surface area is 129 Å². The van der Waals surface area contributed by atoms with E-state index in [1.165, 1.54) is 41.0 Å². The molecule has 0 radical (unpaired) electrons. The second-order valence-electron chi connectivity index (χ2n) is 5.20. The number of aryl methyl sites for hydroxylation is 2. The molecule has 0 bridgehead atoms. The predicted molar refractivity (Wildman–Crippen MR) is 83.7 cm³/mol. The Morgan fingerprint density at radius 1 is 1.43 bits per heavy atom. The number of ether oxygens (including phenoxy) is 1. The lowest BCUT2D eigenvalue weighted by molar-refractivity contribution is -0.128. The first kappa shape index (κ1) is 15.8. The second-order valence-corrected chi connectivity index (χ2v) is 6.34. The highest BCUT2D eigenvalue weighted by Crippen LogP contribution is 2.29. The van der Waals surface area contributed by atoms with Crippen molar-refractivity contribution in [2.75, 3.05) is 6.54 Å². The summed E-state index contributed by atoms with van der Waals surface area (Å²) in [6.07, 6.45) is 6.49. The third-order valence-electron chi connectivity index (χ3n) is 3.52. The van der Waals surface area contributed by atoms with E-state index >= 15 is 0 Å². The van der Waals surface area contributed by atoms with Gasteiger partial charge < -0.3 is 10.1 Å². The molecule has 1 amide bonds. The molecule has 0 saturated carbocycles. The Hall–Kier alpha value is -1.62. The number of carbonyl (C=O) groups excluding carboxylic acids is 2. The molecule has 2 rings (SSSR count). The van der Waals surface area contributed by atoms with Crippen molar-refractivity contribution in [2.24, 2.45) is 0 Å². The topological polar surface area (TPSA) is 55.4 Å². The molecule has 114 valence electrons. The van der Waals surface area contributed by atoms with Gasteiger partial charge >= 0.3 is 5.97 Å². The van der Waals surface area contributed by atoms with Crippen molar-refractivity contribution >= 4 is 23.2 Å². The lowest BCUT2D eigenvalue weighted by atomic mass is 10.1. The van der Waals surface area contributed by atoms with E-state index in [-0.39, 0.29) is 5.91 Å². The van der Waals surface area contributed by atoms with E-state index in [1.54, 1.807) is 13.0 Å². The maximum absolute atomic E-state index is 12.1. The molecule has 1 atom stereocenters. The van der Waals surface area contributed by atoms with Crippen LogP contribution in [0.3, 0.4) is 0 Å². The lowest BCUT2D eigenvalue weighted by Gasteiger charge is -2.11. The van der Waals surface area contributed by atoms with Crippen molar-refractivity contribution < 1.29 is 14.3 Å². The third kappa shape index (κ3) is 4.17. The first-order valence-electron chi connectivity index (χ1n) is 7.33. The Balaban J connectivity index is 1.97. The van der Waals surface area contributed by atoms with Gasteiger partial charge in [0.15, 0.2) is 6.10 Å². The van der Waals surface area contributed by atoms with Crippen LogP contribution in [0.4, 0.5) is 0 Å². The third-order valence-corrected chi connectivity index (χ3v) is 4.74. The second kappa shape index (κ2) is 7.41. The van der Waals surface area contributed by atoms with Crippen molar-refractivity contribution in [3.05, 3.63) is 34.0 Å². The molecule has 0 aromatic carbocycles. The highest BCUT2D eigenvalue weighted by atomic mass is 32.1. The summed E-state index contributed by atoms with van der Waals surface area (Å²) < 4.78 is 5.23. The van der Waals surface area contributed by atoms with Gasteiger partial charge in [0.1, 0.15) is 4.88 Å². The largest absolute Gasteiger partial charge is 0.448 e. The smallest absolute Gasteiger partial charge is 0.349 e. The molecule has 1 aliphatic carbocycles. The number of amides is 1. The molecule has 0 aliphatic heterocycles. The zero-order chi connectivity index (χ0) is 15.2. The first-order valence-corrected chi connectivity index (χ1v) is 8.14. The van der Waals surface area contributed by atoms with Crippen LogP contribution in [0, 0.1) is 0 Å². The van der Waals surface area contributed by atoms with E-state index < -0.39 is 12.1 Å². The summed E-state index contributed by atoms with van der Waals surface area (Å²) >= 11 is 1.51. The Morgan fingerprint density at radius 3 is 2.95 bits per heavy atom. The molecule has 21 heavy (non-hydrogen) atoms. The maximum atomic E-state index is 12.1. The summed E-state index contributed by atoms with van der Waals surface area (Å²) in [6.45, 7) is 5.47. The summed E-state index contributed by atoms with van der Waals surface area (Å²) in [5.41, 5.74) is 1.27. The summed E-state index contributed by atoms with van der Waals surface area (Å²) in [7, 11) is 0. The van der Waals surface area contributed by atoms with Crippen molar-refractivity contribution in [3.63, 3.8) is 0 Å². The number of rotatable bonds is 5. The highest BCUT2D eigenvalue weighted by Gasteiger charge is 2.21. The van der Waals surface area contributed by atoms with Crippen LogP contribution in [-0.2, 0) is 22.4 Å². The van der Waals surface area contributed by atoms with Crippen LogP contribution in [0.1, 0.15) is 46.3 Å². The van der Waals surface area contributed by atoms with Crippen molar-refractivity contribution in [3.8, 4) is 0 Å². The molecule has 0 fully saturated rings. The van der Waals surface area contributed by atoms with E-state index in [4.69, 9.17) is 4.74 Å². The summed E-state index contributed by atoms with van der Waals surface area (Å²) in [4.78, 5) is 25.7. The van der Waals surface area contributed by atoms with Crippen LogP contribution < -0.4 is 5.32 Å². The molecule has 0 unspecified atom stereocenters. The van der Waals surface area contributed by atoms with Gasteiger partial charge in [0.05, 0.1) is 0 Å². The van der Waals surface area contributed by atoms with Crippen LogP contribution in [0.15, 0.2) is 18.7 Å². The standard InChI is InChI=1S/C16H21NO3S/c1-3-9-17-15(18)11(2)20-16(19)14-10-12-7-5-4-6-8-13(12)21-14/h3,10-11H,1,4-9H2,2H3,(H,17,18)/t11-/m1/s1. The molecule has 4 nitrogen and oxygen atoms in total. The normalized spacial score (nSPS) is 15.5. The molecule has 0 saturated heterocycles. The van der Waals surface area contributed by atoms with Gasteiger partial charge in [0.2, 0.25) is 0 Å². The molecule has 5 heteroatoms. The van der Waals surface area contributed by atoms with E-state index in [9.17, 15) is 9.59 Å². The van der Waals surface area contributed by atoms with Crippen LogP contribution in [0.5, 0.6) is 0 Å². The summed E-state index contributed by atoms with van der Waals surface area (Å²) in [5.74, 6) is -0.712. The number of fused-ring (bicyclic) bond motifs is 1. The molecule has 1 aromatic heterocycles. The van der Waals surface area contributed by atoms with Crippen molar-refractivity contribution in [1.29, 1.82) is 0 Å². The summed E-state index contributed by atoms with van der Waals surface area (Å²) in [6, 6.07) is 1.93. The molecule has 1 heterocycles. The predicted octanol–water partition coefficient (Wildman–Crippen LogP) is 2.86. The van der Waals surface area contributed by atoms with Gasteiger partial charge in [-0.15, -0.1) is 17.9 Å². The van der Waals surface area contributed by atoms with Crippen LogP contribution in [0.25, 0.3) is 0 Å². The summed E-state index contributed by atoms with van der Waals surface area (Å²) in [5, 5.41) is 2.62. The minimum Gasteiger partial charge on any atom is -0.448 e. The molecule has 0 spiro atoms. The monoisotopic (exact) mass is 307 g/mol. The molecule has 1 N–H and O–H groups in total. The minimum absolute atomic E-state index is 0.304. The van der Waals surface area contributed by atoms with E-state index in [2.05, 4.69) is 11.9 Å². The van der Waals surface area contributed by atoms with Gasteiger partial charge in [-0.25, -0.2) is 4.79 Å². The van der Waals surface area contributed by atoms with Crippen LogP contribution >= 0.6 is 11.3 Å². The Bertz CT molecular complexity index is 512. The highest BCUT2D eigenvalue weighted by molar-refractivity contribution is 7.14. The molecule has 1 aliphatic rings. The van der Waals surface area contributed by atoms with Gasteiger partial charge in [-0.2, -0.15) is 0 Å². The molecule has 1 aromatic rings. The zero-order valence-electron chi connectivity index (χ0n) is 12.3. The number of hydrogen-bond acceptors (Lipinski definition) is 4. The maximum Gasteiger partial charge on any atom is 0.349 e. The average molecular weight is 307 g/mol.